The molecule has 0 aliphatic carbocycles. The third-order valence-electron chi connectivity index (χ3n) is 3.98. The van der Waals surface area contributed by atoms with E-state index in [-0.39, 0.29) is 0 Å². The minimum atomic E-state index is 1.19. The number of fused-ring (bicyclic) bond motifs is 3. The van der Waals surface area contributed by atoms with Crippen molar-refractivity contribution < 1.29 is 0 Å². The molecule has 0 saturated heterocycles. The van der Waals surface area contributed by atoms with Crippen molar-refractivity contribution in [2.75, 3.05) is 0 Å². The molecule has 3 aromatic carbocycles. The minimum Gasteiger partial charge on any atom is -0.0654 e. The lowest BCUT2D eigenvalue weighted by Gasteiger charge is -2.08. The van der Waals surface area contributed by atoms with Gasteiger partial charge >= 0.3 is 0 Å². The molecule has 0 radical (unpaired) electrons. The number of hydrogen-bond donors (Lipinski definition) is 0. The molecule has 19 heavy (non-hydrogen) atoms. The highest BCUT2D eigenvalue weighted by atomic mass is 14.1. The van der Waals surface area contributed by atoms with Gasteiger partial charge in [-0.05, 0) is 52.4 Å². The van der Waals surface area contributed by atoms with Crippen molar-refractivity contribution in [3.63, 3.8) is 0 Å². The summed E-state index contributed by atoms with van der Waals surface area (Å²) in [5, 5.41) is 5.51. The smallest absolute Gasteiger partial charge is 0.0103 e. The van der Waals surface area contributed by atoms with Gasteiger partial charge in [0.25, 0.3) is 0 Å². The van der Waals surface area contributed by atoms with Crippen molar-refractivity contribution in [2.45, 2.75) is 33.1 Å². The van der Waals surface area contributed by atoms with Crippen molar-refractivity contribution >= 4 is 21.5 Å². The quantitative estimate of drug-likeness (QED) is 0.526. The van der Waals surface area contributed by atoms with Gasteiger partial charge in [0.1, 0.15) is 0 Å². The summed E-state index contributed by atoms with van der Waals surface area (Å²) >= 11 is 0. The van der Waals surface area contributed by atoms with E-state index < -0.39 is 0 Å². The third kappa shape index (κ3) is 2.23. The first-order valence-corrected chi connectivity index (χ1v) is 7.20. The fourth-order valence-electron chi connectivity index (χ4n) is 2.83. The molecule has 0 saturated carbocycles. The Morgan fingerprint density at radius 2 is 1.68 bits per heavy atom. The topological polar surface area (TPSA) is 0 Å². The van der Waals surface area contributed by atoms with E-state index in [2.05, 4.69) is 62.4 Å². The molecular formula is C19H20. The summed E-state index contributed by atoms with van der Waals surface area (Å²) in [5.41, 5.74) is 2.82. The van der Waals surface area contributed by atoms with Crippen molar-refractivity contribution in [3.05, 3.63) is 59.7 Å². The monoisotopic (exact) mass is 248 g/mol. The first kappa shape index (κ1) is 12.2. The zero-order valence-electron chi connectivity index (χ0n) is 11.7. The van der Waals surface area contributed by atoms with Crippen LogP contribution in [0, 0.1) is 6.92 Å². The van der Waals surface area contributed by atoms with Crippen LogP contribution in [0.1, 0.15) is 30.9 Å². The van der Waals surface area contributed by atoms with Crippen LogP contribution in [0.5, 0.6) is 0 Å². The normalized spacial score (nSPS) is 11.3. The van der Waals surface area contributed by atoms with Crippen LogP contribution in [0.2, 0.25) is 0 Å². The SMILES string of the molecule is CCCCc1ccc2ccc3c(C)cccc3c2c1. The van der Waals surface area contributed by atoms with Gasteiger partial charge in [-0.2, -0.15) is 0 Å². The van der Waals surface area contributed by atoms with Gasteiger partial charge in [-0.1, -0.05) is 61.9 Å². The maximum Gasteiger partial charge on any atom is -0.0103 e. The van der Waals surface area contributed by atoms with Gasteiger partial charge in [-0.15, -0.1) is 0 Å². The second-order valence-corrected chi connectivity index (χ2v) is 5.39. The summed E-state index contributed by atoms with van der Waals surface area (Å²) in [5.74, 6) is 0. The summed E-state index contributed by atoms with van der Waals surface area (Å²) in [6, 6.07) is 18.0. The molecule has 0 heterocycles. The molecule has 0 bridgehead atoms. The molecule has 3 aromatic rings. The van der Waals surface area contributed by atoms with Crippen LogP contribution in [0.4, 0.5) is 0 Å². The van der Waals surface area contributed by atoms with Crippen molar-refractivity contribution in [3.8, 4) is 0 Å². The zero-order valence-corrected chi connectivity index (χ0v) is 11.7. The standard InChI is InChI=1S/C19H20/c1-3-4-7-15-9-10-16-11-12-17-14(2)6-5-8-18(17)19(16)13-15/h5-6,8-13H,3-4,7H2,1-2H3. The van der Waals surface area contributed by atoms with Gasteiger partial charge in [0.05, 0.1) is 0 Å². The van der Waals surface area contributed by atoms with Gasteiger partial charge in [0, 0.05) is 0 Å². The largest absolute Gasteiger partial charge is 0.0654 e. The predicted octanol–water partition coefficient (Wildman–Crippen LogP) is 5.64. The van der Waals surface area contributed by atoms with Crippen LogP contribution >= 0.6 is 0 Å². The van der Waals surface area contributed by atoms with Crippen LogP contribution in [-0.4, -0.2) is 0 Å². The second kappa shape index (κ2) is 5.05. The van der Waals surface area contributed by atoms with Gasteiger partial charge in [0.2, 0.25) is 0 Å². The number of rotatable bonds is 3. The number of unbranched alkanes of at least 4 members (excludes halogenated alkanes) is 1. The van der Waals surface area contributed by atoms with Crippen LogP contribution in [-0.2, 0) is 6.42 Å². The molecule has 0 aliphatic heterocycles. The van der Waals surface area contributed by atoms with Crippen LogP contribution in [0.25, 0.3) is 21.5 Å². The van der Waals surface area contributed by atoms with Crippen molar-refractivity contribution in [1.82, 2.24) is 0 Å². The lowest BCUT2D eigenvalue weighted by Crippen LogP contribution is -1.86. The Kier molecular flexibility index (Phi) is 3.25. The Morgan fingerprint density at radius 3 is 2.53 bits per heavy atom. The zero-order chi connectivity index (χ0) is 13.2. The Morgan fingerprint density at radius 1 is 0.842 bits per heavy atom. The highest BCUT2D eigenvalue weighted by Crippen LogP contribution is 2.28. The average Bonchev–Trinajstić information content (AvgIpc) is 2.45. The van der Waals surface area contributed by atoms with Gasteiger partial charge in [-0.25, -0.2) is 0 Å². The first-order valence-electron chi connectivity index (χ1n) is 7.20. The molecule has 96 valence electrons. The molecule has 0 atom stereocenters. The fourth-order valence-corrected chi connectivity index (χ4v) is 2.83. The summed E-state index contributed by atoms with van der Waals surface area (Å²) in [6.07, 6.45) is 3.72. The summed E-state index contributed by atoms with van der Waals surface area (Å²) < 4.78 is 0. The molecule has 0 N–H and O–H groups in total. The highest BCUT2D eigenvalue weighted by Gasteiger charge is 2.03. The predicted molar refractivity (Wildman–Crippen MR) is 84.8 cm³/mol. The maximum atomic E-state index is 2.38. The first-order chi connectivity index (χ1) is 9.29. The van der Waals surface area contributed by atoms with E-state index in [1.54, 1.807) is 0 Å². The Labute approximate surface area is 115 Å². The molecule has 0 nitrogen and oxygen atoms in total. The summed E-state index contributed by atoms with van der Waals surface area (Å²) in [6.45, 7) is 4.44. The number of hydrogen-bond acceptors (Lipinski definition) is 0. The molecule has 3 rings (SSSR count). The van der Waals surface area contributed by atoms with Crippen LogP contribution in [0.3, 0.4) is 0 Å². The molecule has 0 aromatic heterocycles. The lowest BCUT2D eigenvalue weighted by molar-refractivity contribution is 0.796. The summed E-state index contributed by atoms with van der Waals surface area (Å²) in [4.78, 5) is 0. The van der Waals surface area contributed by atoms with E-state index in [1.807, 2.05) is 0 Å². The van der Waals surface area contributed by atoms with Crippen LogP contribution < -0.4 is 0 Å². The molecule has 0 unspecified atom stereocenters. The van der Waals surface area contributed by atoms with E-state index in [4.69, 9.17) is 0 Å². The third-order valence-corrected chi connectivity index (χ3v) is 3.98. The van der Waals surface area contributed by atoms with Gasteiger partial charge in [0.15, 0.2) is 0 Å². The highest BCUT2D eigenvalue weighted by molar-refractivity contribution is 6.08. The average molecular weight is 248 g/mol. The van der Waals surface area contributed by atoms with E-state index in [0.29, 0.717) is 0 Å². The maximum absolute atomic E-state index is 2.38. The Bertz CT molecular complexity index is 723. The molecule has 0 heteroatoms. The molecule has 0 spiro atoms. The number of benzene rings is 3. The van der Waals surface area contributed by atoms with Crippen LogP contribution in [0.15, 0.2) is 48.5 Å². The van der Waals surface area contributed by atoms with E-state index in [1.165, 1.54) is 51.9 Å². The van der Waals surface area contributed by atoms with Gasteiger partial charge in [-0.3, -0.25) is 0 Å². The van der Waals surface area contributed by atoms with Crippen molar-refractivity contribution in [2.24, 2.45) is 0 Å². The number of aryl methyl sites for hydroxylation is 2. The minimum absolute atomic E-state index is 1.19. The van der Waals surface area contributed by atoms with E-state index >= 15 is 0 Å². The lowest BCUT2D eigenvalue weighted by atomic mass is 9.96. The van der Waals surface area contributed by atoms with E-state index in [0.717, 1.165) is 0 Å². The fraction of sp³-hybridized carbons (Fsp3) is 0.263. The molecule has 0 fully saturated rings. The second-order valence-electron chi connectivity index (χ2n) is 5.39. The van der Waals surface area contributed by atoms with Gasteiger partial charge < -0.3 is 0 Å². The van der Waals surface area contributed by atoms with Crippen molar-refractivity contribution in [1.29, 1.82) is 0 Å². The Hall–Kier alpha value is -1.82. The summed E-state index contributed by atoms with van der Waals surface area (Å²) in [7, 11) is 0. The Balaban J connectivity index is 2.24. The molecule has 0 amide bonds. The molecule has 0 aliphatic rings. The van der Waals surface area contributed by atoms with E-state index in [9.17, 15) is 0 Å². The molecular weight excluding hydrogens is 228 g/mol.